The number of aromatic hydroxyl groups is 1. The van der Waals surface area contributed by atoms with Gasteiger partial charge in [-0.05, 0) is 17.7 Å². The maximum absolute atomic E-state index is 12.2. The number of hydrogen-bond acceptors (Lipinski definition) is 4. The van der Waals surface area contributed by atoms with Crippen LogP contribution in [0, 0.1) is 0 Å². The molecule has 0 spiro atoms. The lowest BCUT2D eigenvalue weighted by Crippen LogP contribution is -2.24. The van der Waals surface area contributed by atoms with E-state index in [1.54, 1.807) is 18.3 Å². The second kappa shape index (κ2) is 6.48. The number of carbonyl (C=O) groups is 1. The summed E-state index contributed by atoms with van der Waals surface area (Å²) in [5.41, 5.74) is 4.03. The van der Waals surface area contributed by atoms with Crippen molar-refractivity contribution in [2.45, 2.75) is 19.4 Å². The first-order valence-electron chi connectivity index (χ1n) is 8.39. The molecule has 1 aromatic heterocycles. The zero-order chi connectivity index (χ0) is 18.1. The number of phenolic OH excluding ortho intramolecular Hbond substituents is 1. The minimum absolute atomic E-state index is 0.134. The molecule has 26 heavy (non-hydrogen) atoms. The summed E-state index contributed by atoms with van der Waals surface area (Å²) >= 11 is 0. The number of amides is 1. The van der Waals surface area contributed by atoms with Crippen molar-refractivity contribution in [3.05, 3.63) is 71.9 Å². The first-order chi connectivity index (χ1) is 12.6. The molecule has 0 radical (unpaired) electrons. The van der Waals surface area contributed by atoms with E-state index < -0.39 is 0 Å². The van der Waals surface area contributed by atoms with Gasteiger partial charge in [0.2, 0.25) is 5.91 Å². The molecule has 0 bridgehead atoms. The van der Waals surface area contributed by atoms with Crippen molar-refractivity contribution in [2.75, 3.05) is 0 Å². The third-order valence-electron chi connectivity index (χ3n) is 4.54. The van der Waals surface area contributed by atoms with Crippen LogP contribution in [0.4, 0.5) is 0 Å². The molecular formula is C20H18N4O2. The summed E-state index contributed by atoms with van der Waals surface area (Å²) < 4.78 is 0. The third-order valence-corrected chi connectivity index (χ3v) is 4.54. The van der Waals surface area contributed by atoms with E-state index in [1.165, 1.54) is 11.9 Å². The molecule has 2 heterocycles. The molecule has 2 N–H and O–H groups in total. The number of aromatic nitrogens is 2. The van der Waals surface area contributed by atoms with Gasteiger partial charge in [0.1, 0.15) is 5.75 Å². The molecule has 1 aliphatic heterocycles. The highest BCUT2D eigenvalue weighted by atomic mass is 16.3. The summed E-state index contributed by atoms with van der Waals surface area (Å²) in [5, 5.41) is 23.3. The first kappa shape index (κ1) is 16.1. The fourth-order valence-corrected chi connectivity index (χ4v) is 3.30. The monoisotopic (exact) mass is 346 g/mol. The summed E-state index contributed by atoms with van der Waals surface area (Å²) in [5.74, 6) is 0.0277. The minimum Gasteiger partial charge on any atom is -0.507 e. The first-order valence-corrected chi connectivity index (χ1v) is 8.39. The predicted octanol–water partition coefficient (Wildman–Crippen LogP) is 3.48. The SMILES string of the molecule is CC(=O)N1N=C(c2ccccc2)CC1c1cn[nH]c1-c1ccccc1O. The van der Waals surface area contributed by atoms with Crippen LogP contribution in [0.15, 0.2) is 65.9 Å². The van der Waals surface area contributed by atoms with E-state index in [2.05, 4.69) is 15.3 Å². The molecule has 6 nitrogen and oxygen atoms in total. The summed E-state index contributed by atoms with van der Waals surface area (Å²) in [6.45, 7) is 1.50. The molecule has 0 fully saturated rings. The van der Waals surface area contributed by atoms with E-state index in [1.807, 2.05) is 42.5 Å². The Morgan fingerprint density at radius 2 is 1.88 bits per heavy atom. The molecule has 6 heteroatoms. The lowest BCUT2D eigenvalue weighted by atomic mass is 9.96. The van der Waals surface area contributed by atoms with Crippen molar-refractivity contribution in [3.63, 3.8) is 0 Å². The van der Waals surface area contributed by atoms with E-state index in [4.69, 9.17) is 0 Å². The van der Waals surface area contributed by atoms with E-state index in [-0.39, 0.29) is 17.7 Å². The Labute approximate surface area is 150 Å². The molecule has 1 aliphatic rings. The normalized spacial score (nSPS) is 16.6. The fraction of sp³-hybridized carbons (Fsp3) is 0.150. The van der Waals surface area contributed by atoms with Gasteiger partial charge in [0.05, 0.1) is 23.6 Å². The average molecular weight is 346 g/mol. The van der Waals surface area contributed by atoms with Crippen LogP contribution in [0.2, 0.25) is 0 Å². The topological polar surface area (TPSA) is 81.6 Å². The van der Waals surface area contributed by atoms with Crippen LogP contribution < -0.4 is 0 Å². The Morgan fingerprint density at radius 1 is 1.15 bits per heavy atom. The highest BCUT2D eigenvalue weighted by Gasteiger charge is 2.34. The van der Waals surface area contributed by atoms with Crippen LogP contribution in [-0.2, 0) is 4.79 Å². The van der Waals surface area contributed by atoms with Crippen LogP contribution in [0.3, 0.4) is 0 Å². The highest BCUT2D eigenvalue weighted by molar-refractivity contribution is 6.03. The lowest BCUT2D eigenvalue weighted by Gasteiger charge is -2.20. The van der Waals surface area contributed by atoms with Crippen LogP contribution >= 0.6 is 0 Å². The van der Waals surface area contributed by atoms with Crippen molar-refractivity contribution >= 4 is 11.6 Å². The van der Waals surface area contributed by atoms with Crippen molar-refractivity contribution in [2.24, 2.45) is 5.10 Å². The second-order valence-corrected chi connectivity index (χ2v) is 6.21. The Morgan fingerprint density at radius 3 is 2.62 bits per heavy atom. The Bertz CT molecular complexity index is 978. The van der Waals surface area contributed by atoms with Gasteiger partial charge in [-0.25, -0.2) is 5.01 Å². The van der Waals surface area contributed by atoms with Crippen LogP contribution in [-0.4, -0.2) is 31.9 Å². The van der Waals surface area contributed by atoms with E-state index in [9.17, 15) is 9.90 Å². The van der Waals surface area contributed by atoms with Gasteiger partial charge in [0, 0.05) is 24.5 Å². The smallest absolute Gasteiger partial charge is 0.240 e. The van der Waals surface area contributed by atoms with Gasteiger partial charge >= 0.3 is 0 Å². The highest BCUT2D eigenvalue weighted by Crippen LogP contribution is 2.39. The van der Waals surface area contributed by atoms with Crippen molar-refractivity contribution in [1.29, 1.82) is 0 Å². The van der Waals surface area contributed by atoms with Gasteiger partial charge in [-0.15, -0.1) is 0 Å². The number of phenols is 1. The Hall–Kier alpha value is -3.41. The molecule has 4 rings (SSSR count). The number of hydrogen-bond donors (Lipinski definition) is 2. The molecule has 3 aromatic rings. The van der Waals surface area contributed by atoms with E-state index in [0.29, 0.717) is 17.7 Å². The predicted molar refractivity (Wildman–Crippen MR) is 98.5 cm³/mol. The van der Waals surface area contributed by atoms with Gasteiger partial charge in [-0.1, -0.05) is 42.5 Å². The van der Waals surface area contributed by atoms with Crippen LogP contribution in [0.1, 0.15) is 30.5 Å². The largest absolute Gasteiger partial charge is 0.507 e. The zero-order valence-electron chi connectivity index (χ0n) is 14.3. The number of aromatic amines is 1. The number of carbonyl (C=O) groups excluding carboxylic acids is 1. The second-order valence-electron chi connectivity index (χ2n) is 6.21. The van der Waals surface area contributed by atoms with Crippen molar-refractivity contribution < 1.29 is 9.90 Å². The van der Waals surface area contributed by atoms with Gasteiger partial charge in [-0.2, -0.15) is 10.2 Å². The van der Waals surface area contributed by atoms with E-state index >= 15 is 0 Å². The summed E-state index contributed by atoms with van der Waals surface area (Å²) in [6.07, 6.45) is 2.29. The number of nitrogens with one attached hydrogen (secondary N) is 1. The Balaban J connectivity index is 1.74. The summed E-state index contributed by atoms with van der Waals surface area (Å²) in [6, 6.07) is 16.6. The minimum atomic E-state index is -0.268. The average Bonchev–Trinajstić information content (AvgIpc) is 3.30. The molecule has 130 valence electrons. The molecule has 1 amide bonds. The maximum atomic E-state index is 12.2. The molecule has 2 aromatic carbocycles. The summed E-state index contributed by atoms with van der Waals surface area (Å²) in [4.78, 5) is 12.2. The third kappa shape index (κ3) is 2.75. The van der Waals surface area contributed by atoms with Crippen LogP contribution in [0.5, 0.6) is 5.75 Å². The molecule has 0 aliphatic carbocycles. The summed E-state index contributed by atoms with van der Waals surface area (Å²) in [7, 11) is 0. The molecule has 0 saturated heterocycles. The molecule has 0 saturated carbocycles. The molecule has 1 atom stereocenters. The lowest BCUT2D eigenvalue weighted by molar-refractivity contribution is -0.130. The van der Waals surface area contributed by atoms with Crippen LogP contribution in [0.25, 0.3) is 11.3 Å². The number of para-hydroxylation sites is 1. The maximum Gasteiger partial charge on any atom is 0.240 e. The molecule has 1 unspecified atom stereocenters. The zero-order valence-corrected chi connectivity index (χ0v) is 14.3. The number of rotatable bonds is 3. The van der Waals surface area contributed by atoms with Gasteiger partial charge < -0.3 is 5.11 Å². The van der Waals surface area contributed by atoms with Crippen molar-refractivity contribution in [1.82, 2.24) is 15.2 Å². The standard InChI is InChI=1S/C20H18N4O2/c1-13(25)24-18(11-17(23-24)14-7-3-2-4-8-14)16-12-21-22-20(16)15-9-5-6-10-19(15)26/h2-10,12,18,26H,11H2,1H3,(H,21,22). The van der Waals surface area contributed by atoms with E-state index in [0.717, 1.165) is 16.8 Å². The number of hydrazone groups is 1. The Kier molecular flexibility index (Phi) is 4.01. The fourth-order valence-electron chi connectivity index (χ4n) is 3.30. The van der Waals surface area contributed by atoms with Gasteiger partial charge in [0.15, 0.2) is 0 Å². The number of H-pyrrole nitrogens is 1. The quantitative estimate of drug-likeness (QED) is 0.762. The number of benzene rings is 2. The number of nitrogens with zero attached hydrogens (tertiary/aromatic N) is 3. The van der Waals surface area contributed by atoms with Gasteiger partial charge in [-0.3, -0.25) is 9.89 Å². The van der Waals surface area contributed by atoms with Crippen molar-refractivity contribution in [3.8, 4) is 17.0 Å². The van der Waals surface area contributed by atoms with Gasteiger partial charge in [0.25, 0.3) is 0 Å². The molecular weight excluding hydrogens is 328 g/mol.